The molecule has 1 heterocycles. The van der Waals surface area contributed by atoms with Gasteiger partial charge in [0.15, 0.2) is 0 Å². The molecule has 1 aliphatic heterocycles. The van der Waals surface area contributed by atoms with Crippen molar-refractivity contribution in [3.63, 3.8) is 0 Å². The highest BCUT2D eigenvalue weighted by atomic mass is 35.5. The molecule has 0 aliphatic carbocycles. The number of hydrogen-bond acceptors (Lipinski definition) is 3. The van der Waals surface area contributed by atoms with Crippen molar-refractivity contribution >= 4 is 44.8 Å². The molecule has 0 saturated heterocycles. The molecule has 144 valence electrons. The fourth-order valence-corrected chi connectivity index (χ4v) is 4.50. The lowest BCUT2D eigenvalue weighted by atomic mass is 10.1. The second-order valence-electron chi connectivity index (χ2n) is 6.50. The van der Waals surface area contributed by atoms with Gasteiger partial charge in [0.1, 0.15) is 0 Å². The molecule has 0 unspecified atom stereocenters. The monoisotopic (exact) mass is 426 g/mol. The third kappa shape index (κ3) is 4.23. The van der Waals surface area contributed by atoms with Gasteiger partial charge in [-0.05, 0) is 54.8 Å². The largest absolute Gasteiger partial charge is 0.335 e. The molecule has 0 spiro atoms. The van der Waals surface area contributed by atoms with E-state index in [1.54, 1.807) is 35.2 Å². The minimum atomic E-state index is -3.30. The lowest BCUT2D eigenvalue weighted by Gasteiger charge is -2.22. The van der Waals surface area contributed by atoms with Crippen LogP contribution in [0.1, 0.15) is 28.4 Å². The van der Waals surface area contributed by atoms with Crippen LogP contribution in [0, 0.1) is 0 Å². The maximum Gasteiger partial charge on any atom is 0.254 e. The second-order valence-corrected chi connectivity index (χ2v) is 9.22. The Balaban J connectivity index is 1.83. The lowest BCUT2D eigenvalue weighted by molar-refractivity contribution is 0.0752. The van der Waals surface area contributed by atoms with Gasteiger partial charge in [0.25, 0.3) is 5.91 Å². The molecule has 0 fully saturated rings. The highest BCUT2D eigenvalue weighted by molar-refractivity contribution is 7.92. The summed E-state index contributed by atoms with van der Waals surface area (Å²) in [4.78, 5) is 14.7. The Kier molecular flexibility index (Phi) is 5.70. The molecule has 1 aliphatic rings. The average molecular weight is 427 g/mol. The molecule has 1 amide bonds. The minimum absolute atomic E-state index is 0.107. The average Bonchev–Trinajstić information content (AvgIpc) is 3.05. The van der Waals surface area contributed by atoms with Gasteiger partial charge in [0.05, 0.1) is 22.0 Å². The molecular weight excluding hydrogens is 407 g/mol. The zero-order chi connectivity index (χ0) is 19.8. The summed E-state index contributed by atoms with van der Waals surface area (Å²) in [5.74, 6) is -0.107. The molecule has 27 heavy (non-hydrogen) atoms. The van der Waals surface area contributed by atoms with Crippen LogP contribution in [-0.4, -0.2) is 38.6 Å². The predicted molar refractivity (Wildman–Crippen MR) is 109 cm³/mol. The van der Waals surface area contributed by atoms with Crippen molar-refractivity contribution in [3.05, 3.63) is 63.1 Å². The smallest absolute Gasteiger partial charge is 0.254 e. The van der Waals surface area contributed by atoms with Gasteiger partial charge in [-0.1, -0.05) is 29.3 Å². The Morgan fingerprint density at radius 1 is 1.15 bits per heavy atom. The van der Waals surface area contributed by atoms with Gasteiger partial charge in [-0.2, -0.15) is 0 Å². The van der Waals surface area contributed by atoms with Crippen molar-refractivity contribution in [2.75, 3.05) is 23.7 Å². The van der Waals surface area contributed by atoms with Gasteiger partial charge in [-0.15, -0.1) is 0 Å². The Morgan fingerprint density at radius 2 is 1.89 bits per heavy atom. The van der Waals surface area contributed by atoms with Crippen LogP contribution in [0.2, 0.25) is 10.0 Å². The van der Waals surface area contributed by atoms with Crippen LogP contribution in [0.15, 0.2) is 36.4 Å². The van der Waals surface area contributed by atoms with Crippen molar-refractivity contribution in [1.29, 1.82) is 0 Å². The molecule has 5 nitrogen and oxygen atoms in total. The van der Waals surface area contributed by atoms with Crippen LogP contribution < -0.4 is 4.31 Å². The van der Waals surface area contributed by atoms with Gasteiger partial charge >= 0.3 is 0 Å². The van der Waals surface area contributed by atoms with Gasteiger partial charge in [0, 0.05) is 25.2 Å². The maximum atomic E-state index is 12.9. The van der Waals surface area contributed by atoms with Crippen LogP contribution >= 0.6 is 23.2 Å². The normalized spacial score (nSPS) is 13.6. The number of nitrogens with zero attached hydrogens (tertiary/aromatic N) is 2. The van der Waals surface area contributed by atoms with Crippen LogP contribution in [0.4, 0.5) is 5.69 Å². The first kappa shape index (κ1) is 20.0. The molecule has 0 aromatic heterocycles. The number of carbonyl (C=O) groups is 1. The van der Waals surface area contributed by atoms with Crippen molar-refractivity contribution in [3.8, 4) is 0 Å². The Morgan fingerprint density at radius 3 is 2.52 bits per heavy atom. The fourth-order valence-electron chi connectivity index (χ4n) is 3.22. The van der Waals surface area contributed by atoms with E-state index in [0.717, 1.165) is 11.1 Å². The molecule has 3 rings (SSSR count). The number of amides is 1. The van der Waals surface area contributed by atoms with E-state index in [-0.39, 0.29) is 5.91 Å². The molecular formula is C19H20Cl2N2O3S. The highest BCUT2D eigenvalue weighted by Crippen LogP contribution is 2.31. The first-order valence-corrected chi connectivity index (χ1v) is 11.1. The van der Waals surface area contributed by atoms with Gasteiger partial charge in [0.2, 0.25) is 10.0 Å². The number of halogens is 2. The van der Waals surface area contributed by atoms with Crippen LogP contribution in [0.5, 0.6) is 0 Å². The molecule has 2 aromatic rings. The van der Waals surface area contributed by atoms with Gasteiger partial charge in [-0.25, -0.2) is 8.42 Å². The first-order valence-electron chi connectivity index (χ1n) is 8.54. The Hall–Kier alpha value is -1.76. The van der Waals surface area contributed by atoms with Crippen molar-refractivity contribution < 1.29 is 13.2 Å². The van der Waals surface area contributed by atoms with E-state index in [9.17, 15) is 13.2 Å². The van der Waals surface area contributed by atoms with Crippen LogP contribution in [-0.2, 0) is 23.0 Å². The summed E-state index contributed by atoms with van der Waals surface area (Å²) in [7, 11) is -3.30. The SMILES string of the molecule is CCN(Cc1ccc(Cl)c(Cl)c1)C(=O)c1ccc2c(c1)CCN2S(C)(=O)=O. The van der Waals surface area contributed by atoms with Gasteiger partial charge in [-0.3, -0.25) is 9.10 Å². The number of fused-ring (bicyclic) bond motifs is 1. The molecule has 0 saturated carbocycles. The van der Waals surface area contributed by atoms with E-state index in [2.05, 4.69) is 0 Å². The fraction of sp³-hybridized carbons (Fsp3) is 0.316. The number of rotatable bonds is 5. The summed E-state index contributed by atoms with van der Waals surface area (Å²) in [6.45, 7) is 3.27. The van der Waals surface area contributed by atoms with Crippen LogP contribution in [0.3, 0.4) is 0 Å². The zero-order valence-corrected chi connectivity index (χ0v) is 17.4. The standard InChI is InChI=1S/C19H20Cl2N2O3S/c1-3-22(12-13-4-6-16(20)17(21)10-13)19(24)15-5-7-18-14(11-15)8-9-23(18)27(2,25)26/h4-7,10-11H,3,8-9,12H2,1-2H3. The predicted octanol–water partition coefficient (Wildman–Crippen LogP) is 3.98. The van der Waals surface area contributed by atoms with Crippen molar-refractivity contribution in [1.82, 2.24) is 4.90 Å². The molecule has 0 bridgehead atoms. The van der Waals surface area contributed by atoms with Crippen molar-refractivity contribution in [2.24, 2.45) is 0 Å². The van der Waals surface area contributed by atoms with E-state index in [1.807, 2.05) is 13.0 Å². The summed E-state index contributed by atoms with van der Waals surface area (Å²) < 4.78 is 25.1. The Labute approximate surface area is 169 Å². The maximum absolute atomic E-state index is 12.9. The number of benzene rings is 2. The summed E-state index contributed by atoms with van der Waals surface area (Å²) >= 11 is 12.0. The summed E-state index contributed by atoms with van der Waals surface area (Å²) in [6, 6.07) is 10.5. The minimum Gasteiger partial charge on any atom is -0.335 e. The highest BCUT2D eigenvalue weighted by Gasteiger charge is 2.27. The zero-order valence-electron chi connectivity index (χ0n) is 15.1. The van der Waals surface area contributed by atoms with E-state index in [4.69, 9.17) is 23.2 Å². The first-order chi connectivity index (χ1) is 12.7. The van der Waals surface area contributed by atoms with Crippen molar-refractivity contribution in [2.45, 2.75) is 19.9 Å². The van der Waals surface area contributed by atoms with E-state index < -0.39 is 10.0 Å². The molecule has 0 atom stereocenters. The van der Waals surface area contributed by atoms with E-state index in [0.29, 0.717) is 47.4 Å². The summed E-state index contributed by atoms with van der Waals surface area (Å²) in [5, 5.41) is 0.930. The Bertz CT molecular complexity index is 992. The van der Waals surface area contributed by atoms with Gasteiger partial charge < -0.3 is 4.90 Å². The molecule has 0 N–H and O–H groups in total. The summed E-state index contributed by atoms with van der Waals surface area (Å²) in [5.41, 5.74) is 2.97. The molecule has 2 aromatic carbocycles. The number of anilines is 1. The number of carbonyl (C=O) groups excluding carboxylic acids is 1. The van der Waals surface area contributed by atoms with Crippen LogP contribution in [0.25, 0.3) is 0 Å². The van der Waals surface area contributed by atoms with E-state index in [1.165, 1.54) is 10.6 Å². The third-order valence-corrected chi connectivity index (χ3v) is 6.53. The lowest BCUT2D eigenvalue weighted by Crippen LogP contribution is -2.30. The quantitative estimate of drug-likeness (QED) is 0.726. The number of hydrogen-bond donors (Lipinski definition) is 0. The topological polar surface area (TPSA) is 57.7 Å². The third-order valence-electron chi connectivity index (χ3n) is 4.61. The molecule has 8 heteroatoms. The molecule has 0 radical (unpaired) electrons. The second kappa shape index (κ2) is 7.70. The summed E-state index contributed by atoms with van der Waals surface area (Å²) in [6.07, 6.45) is 1.79. The van der Waals surface area contributed by atoms with E-state index >= 15 is 0 Å². The number of sulfonamides is 1.